The molecule has 0 radical (unpaired) electrons. The molecular weight excluding hydrogens is 388 g/mol. The number of unbranched alkanes of at least 4 members (excludes halogenated alkanes) is 20. The predicted octanol–water partition coefficient (Wildman–Crippen LogP) is 8.42. The molecule has 0 fully saturated rings. The monoisotopic (exact) mass is 444 g/mol. The van der Waals surface area contributed by atoms with E-state index in [1.54, 1.807) is 14.2 Å². The molecule has 0 aromatic carbocycles. The highest BCUT2D eigenvalue weighted by Gasteiger charge is 1.96. The summed E-state index contributed by atoms with van der Waals surface area (Å²) in [5.74, 6) is 0. The van der Waals surface area contributed by atoms with Gasteiger partial charge in [-0.05, 0) is 12.8 Å². The van der Waals surface area contributed by atoms with Gasteiger partial charge in [-0.1, -0.05) is 122 Å². The molecule has 0 aliphatic rings. The quantitative estimate of drug-likeness (QED) is 0.0896. The molecule has 31 heavy (non-hydrogen) atoms. The van der Waals surface area contributed by atoms with E-state index >= 15 is 0 Å². The molecule has 4 nitrogen and oxygen atoms in total. The highest BCUT2D eigenvalue weighted by atomic mass is 16.7. The van der Waals surface area contributed by atoms with Gasteiger partial charge in [0.2, 0.25) is 0 Å². The van der Waals surface area contributed by atoms with E-state index in [1.165, 1.54) is 135 Å². The van der Waals surface area contributed by atoms with Crippen molar-refractivity contribution in [2.45, 2.75) is 135 Å². The first-order valence-electron chi connectivity index (χ1n) is 13.5. The number of rotatable bonds is 28. The van der Waals surface area contributed by atoms with Crippen LogP contribution in [-0.2, 0) is 18.9 Å². The van der Waals surface area contributed by atoms with Crippen LogP contribution in [0.2, 0.25) is 0 Å². The lowest BCUT2D eigenvalue weighted by molar-refractivity contribution is -0.0317. The first-order valence-corrected chi connectivity index (χ1v) is 13.5. The van der Waals surface area contributed by atoms with Crippen molar-refractivity contribution in [3.63, 3.8) is 0 Å². The molecule has 0 rings (SSSR count). The molecule has 0 aromatic rings. The van der Waals surface area contributed by atoms with Crippen molar-refractivity contribution < 1.29 is 18.9 Å². The lowest BCUT2D eigenvalue weighted by atomic mass is 10.0. The van der Waals surface area contributed by atoms with Crippen LogP contribution in [0.5, 0.6) is 0 Å². The van der Waals surface area contributed by atoms with Crippen LogP contribution in [-0.4, -0.2) is 41.0 Å². The average Bonchev–Trinajstić information content (AvgIpc) is 2.78. The van der Waals surface area contributed by atoms with Gasteiger partial charge in [0.25, 0.3) is 0 Å². The normalized spacial score (nSPS) is 11.4. The molecule has 0 N–H and O–H groups in total. The van der Waals surface area contributed by atoms with Gasteiger partial charge in [-0.25, -0.2) is 0 Å². The van der Waals surface area contributed by atoms with Crippen molar-refractivity contribution in [1.29, 1.82) is 0 Å². The fourth-order valence-electron chi connectivity index (χ4n) is 4.05. The Morgan fingerprint density at radius 3 is 0.677 bits per heavy atom. The van der Waals surface area contributed by atoms with E-state index in [2.05, 4.69) is 0 Å². The van der Waals surface area contributed by atoms with Crippen LogP contribution in [0.3, 0.4) is 0 Å². The molecule has 0 amide bonds. The van der Waals surface area contributed by atoms with Crippen LogP contribution >= 0.6 is 0 Å². The van der Waals surface area contributed by atoms with Crippen LogP contribution in [0, 0.1) is 0 Å². The van der Waals surface area contributed by atoms with Crippen molar-refractivity contribution in [1.82, 2.24) is 0 Å². The Balaban J connectivity index is 2.98. The molecule has 0 heterocycles. The van der Waals surface area contributed by atoms with Gasteiger partial charge >= 0.3 is 0 Å². The Bertz CT molecular complexity index is 271. The molecule has 188 valence electrons. The van der Waals surface area contributed by atoms with Crippen molar-refractivity contribution in [3.05, 3.63) is 0 Å². The van der Waals surface area contributed by atoms with Gasteiger partial charge in [0.1, 0.15) is 13.6 Å². The fourth-order valence-corrected chi connectivity index (χ4v) is 4.05. The summed E-state index contributed by atoms with van der Waals surface area (Å²) >= 11 is 0. The van der Waals surface area contributed by atoms with Gasteiger partial charge in [-0.3, -0.25) is 0 Å². The van der Waals surface area contributed by atoms with E-state index < -0.39 is 0 Å². The molecule has 0 atom stereocenters. The summed E-state index contributed by atoms with van der Waals surface area (Å²) in [7, 11) is 3.35. The van der Waals surface area contributed by atoms with Crippen LogP contribution in [0.4, 0.5) is 0 Å². The Kier molecular flexibility index (Phi) is 29.7. The second kappa shape index (κ2) is 29.8. The van der Waals surface area contributed by atoms with Crippen molar-refractivity contribution >= 4 is 0 Å². The molecule has 0 bridgehead atoms. The summed E-state index contributed by atoms with van der Waals surface area (Å²) in [5.41, 5.74) is 0. The summed E-state index contributed by atoms with van der Waals surface area (Å²) in [6.45, 7) is 2.57. The Morgan fingerprint density at radius 1 is 0.290 bits per heavy atom. The first kappa shape index (κ1) is 30.8. The van der Waals surface area contributed by atoms with Gasteiger partial charge in [0, 0.05) is 27.4 Å². The second-order valence-corrected chi connectivity index (χ2v) is 9.05. The average molecular weight is 445 g/mol. The van der Waals surface area contributed by atoms with Gasteiger partial charge in [0.05, 0.1) is 0 Å². The molecule has 0 unspecified atom stereocenters. The Morgan fingerprint density at radius 2 is 0.484 bits per heavy atom. The van der Waals surface area contributed by atoms with E-state index in [4.69, 9.17) is 18.9 Å². The molecular formula is C27H56O4. The third-order valence-electron chi connectivity index (χ3n) is 5.98. The SMILES string of the molecule is COCOCCCCCCCCCCCCCCCCCCCCCCCOCOC. The smallest absolute Gasteiger partial charge is 0.146 e. The van der Waals surface area contributed by atoms with Crippen LogP contribution in [0.25, 0.3) is 0 Å². The number of hydrogen-bond acceptors (Lipinski definition) is 4. The zero-order chi connectivity index (χ0) is 22.5. The highest BCUT2D eigenvalue weighted by Crippen LogP contribution is 2.15. The van der Waals surface area contributed by atoms with Gasteiger partial charge in [0.15, 0.2) is 0 Å². The molecule has 4 heteroatoms. The van der Waals surface area contributed by atoms with Gasteiger partial charge in [-0.15, -0.1) is 0 Å². The minimum absolute atomic E-state index is 0.438. The van der Waals surface area contributed by atoms with E-state index in [9.17, 15) is 0 Å². The van der Waals surface area contributed by atoms with E-state index in [0.29, 0.717) is 13.6 Å². The zero-order valence-electron chi connectivity index (χ0n) is 21.3. The molecule has 0 saturated carbocycles. The molecule has 0 aromatic heterocycles. The summed E-state index contributed by atoms with van der Waals surface area (Å²) < 4.78 is 20.4. The van der Waals surface area contributed by atoms with E-state index in [0.717, 1.165) is 13.2 Å². The summed E-state index contributed by atoms with van der Waals surface area (Å²) in [4.78, 5) is 0. The van der Waals surface area contributed by atoms with Crippen molar-refractivity contribution in [3.8, 4) is 0 Å². The van der Waals surface area contributed by atoms with Crippen molar-refractivity contribution in [2.75, 3.05) is 41.0 Å². The van der Waals surface area contributed by atoms with Gasteiger partial charge < -0.3 is 18.9 Å². The Hall–Kier alpha value is -0.160. The minimum atomic E-state index is 0.438. The standard InChI is InChI=1S/C27H56O4/c1-28-26-30-24-22-20-18-16-14-12-10-8-6-4-3-5-7-9-11-13-15-17-19-21-23-25-31-27-29-2/h3-27H2,1-2H3. The third kappa shape index (κ3) is 29.8. The largest absolute Gasteiger partial charge is 0.359 e. The highest BCUT2D eigenvalue weighted by molar-refractivity contribution is 4.51. The van der Waals surface area contributed by atoms with Crippen LogP contribution in [0.1, 0.15) is 135 Å². The zero-order valence-corrected chi connectivity index (χ0v) is 21.3. The minimum Gasteiger partial charge on any atom is -0.359 e. The summed E-state index contributed by atoms with van der Waals surface area (Å²) in [5, 5.41) is 0. The second-order valence-electron chi connectivity index (χ2n) is 9.05. The van der Waals surface area contributed by atoms with E-state index in [-0.39, 0.29) is 0 Å². The van der Waals surface area contributed by atoms with Gasteiger partial charge in [-0.2, -0.15) is 0 Å². The maximum Gasteiger partial charge on any atom is 0.146 e. The van der Waals surface area contributed by atoms with Crippen molar-refractivity contribution in [2.24, 2.45) is 0 Å². The predicted molar refractivity (Wildman–Crippen MR) is 133 cm³/mol. The maximum absolute atomic E-state index is 5.31. The van der Waals surface area contributed by atoms with E-state index in [1.807, 2.05) is 0 Å². The topological polar surface area (TPSA) is 36.9 Å². The number of ether oxygens (including phenoxy) is 4. The third-order valence-corrected chi connectivity index (χ3v) is 5.98. The first-order chi connectivity index (χ1) is 15.4. The molecule has 0 saturated heterocycles. The number of hydrogen-bond donors (Lipinski definition) is 0. The Labute approximate surface area is 195 Å². The molecule has 0 spiro atoms. The van der Waals surface area contributed by atoms with Crippen LogP contribution in [0.15, 0.2) is 0 Å². The summed E-state index contributed by atoms with van der Waals surface area (Å²) in [6.07, 6.45) is 29.2. The van der Waals surface area contributed by atoms with Crippen LogP contribution < -0.4 is 0 Å². The number of methoxy groups -OCH3 is 2. The lowest BCUT2D eigenvalue weighted by Gasteiger charge is -2.05. The fraction of sp³-hybridized carbons (Fsp3) is 1.00. The summed E-state index contributed by atoms with van der Waals surface area (Å²) in [6, 6.07) is 0. The lowest BCUT2D eigenvalue weighted by Crippen LogP contribution is -1.98. The molecule has 0 aliphatic carbocycles. The molecule has 0 aliphatic heterocycles. The maximum atomic E-state index is 5.31.